The number of amides is 3. The van der Waals surface area contributed by atoms with E-state index in [1.165, 1.54) is 4.90 Å². The van der Waals surface area contributed by atoms with E-state index in [9.17, 15) is 14.4 Å². The molecule has 1 atom stereocenters. The van der Waals surface area contributed by atoms with Crippen LogP contribution < -0.4 is 5.32 Å². The molecule has 0 unspecified atom stereocenters. The van der Waals surface area contributed by atoms with Crippen LogP contribution in [0.2, 0.25) is 0 Å². The lowest BCUT2D eigenvalue weighted by molar-refractivity contribution is -0.121. The lowest BCUT2D eigenvalue weighted by atomic mass is 10.1. The van der Waals surface area contributed by atoms with Crippen LogP contribution in [0.5, 0.6) is 0 Å². The molecule has 5 nitrogen and oxygen atoms in total. The number of hydrogen-bond acceptors (Lipinski definition) is 3. The van der Waals surface area contributed by atoms with E-state index >= 15 is 0 Å². The summed E-state index contributed by atoms with van der Waals surface area (Å²) in [5, 5.41) is 3.00. The van der Waals surface area contributed by atoms with Crippen molar-refractivity contribution in [1.29, 1.82) is 0 Å². The molecule has 27 heavy (non-hydrogen) atoms. The van der Waals surface area contributed by atoms with Crippen molar-refractivity contribution in [2.45, 2.75) is 38.6 Å². The van der Waals surface area contributed by atoms with Crippen LogP contribution in [-0.2, 0) is 4.79 Å². The fourth-order valence-electron chi connectivity index (χ4n) is 3.31. The van der Waals surface area contributed by atoms with E-state index in [1.54, 1.807) is 24.3 Å². The highest BCUT2D eigenvalue weighted by atomic mass is 16.2. The van der Waals surface area contributed by atoms with Gasteiger partial charge >= 0.3 is 0 Å². The molecule has 0 bridgehead atoms. The number of carbonyl (C=O) groups excluding carboxylic acids is 3. The van der Waals surface area contributed by atoms with Crippen LogP contribution in [0.3, 0.4) is 0 Å². The lowest BCUT2D eigenvalue weighted by Gasteiger charge is -2.15. The van der Waals surface area contributed by atoms with Gasteiger partial charge in [-0.3, -0.25) is 19.3 Å². The summed E-state index contributed by atoms with van der Waals surface area (Å²) in [6.45, 7) is 2.36. The normalized spacial score (nSPS) is 14.2. The molecule has 140 valence electrons. The largest absolute Gasteiger partial charge is 0.350 e. The van der Waals surface area contributed by atoms with Gasteiger partial charge < -0.3 is 5.32 Å². The lowest BCUT2D eigenvalue weighted by Crippen LogP contribution is -2.30. The van der Waals surface area contributed by atoms with E-state index in [1.807, 2.05) is 37.3 Å². The van der Waals surface area contributed by atoms with Crippen molar-refractivity contribution in [1.82, 2.24) is 10.2 Å². The minimum absolute atomic E-state index is 0.0166. The van der Waals surface area contributed by atoms with Crippen molar-refractivity contribution in [3.8, 4) is 0 Å². The Labute approximate surface area is 159 Å². The van der Waals surface area contributed by atoms with E-state index < -0.39 is 0 Å². The second kappa shape index (κ2) is 8.62. The van der Waals surface area contributed by atoms with Crippen molar-refractivity contribution >= 4 is 17.7 Å². The van der Waals surface area contributed by atoms with E-state index in [2.05, 4.69) is 5.32 Å². The predicted molar refractivity (Wildman–Crippen MR) is 103 cm³/mol. The average molecular weight is 364 g/mol. The minimum atomic E-state index is -0.218. The Hall–Kier alpha value is -2.95. The van der Waals surface area contributed by atoms with Crippen LogP contribution in [0, 0.1) is 0 Å². The molecule has 0 aliphatic carbocycles. The first-order valence-electron chi connectivity index (χ1n) is 9.37. The third kappa shape index (κ3) is 4.42. The van der Waals surface area contributed by atoms with Gasteiger partial charge in [0.25, 0.3) is 11.8 Å². The molecule has 5 heteroatoms. The molecule has 0 spiro atoms. The summed E-state index contributed by atoms with van der Waals surface area (Å²) in [7, 11) is 0. The molecule has 3 rings (SSSR count). The maximum Gasteiger partial charge on any atom is 0.261 e. The third-order valence-electron chi connectivity index (χ3n) is 4.84. The summed E-state index contributed by atoms with van der Waals surface area (Å²) in [6.07, 6.45) is 2.67. The molecule has 0 aromatic heterocycles. The van der Waals surface area contributed by atoms with Gasteiger partial charge in [-0.1, -0.05) is 48.9 Å². The number of unbranched alkanes of at least 4 members (excludes halogenated alkanes) is 2. The van der Waals surface area contributed by atoms with Gasteiger partial charge in [0.05, 0.1) is 17.2 Å². The number of nitrogens with zero attached hydrogens (tertiary/aromatic N) is 1. The molecule has 0 fully saturated rings. The first-order valence-corrected chi connectivity index (χ1v) is 9.37. The maximum atomic E-state index is 12.3. The van der Waals surface area contributed by atoms with Gasteiger partial charge in [-0.15, -0.1) is 0 Å². The maximum absolute atomic E-state index is 12.3. The van der Waals surface area contributed by atoms with Gasteiger partial charge in [0, 0.05) is 13.0 Å². The van der Waals surface area contributed by atoms with Crippen molar-refractivity contribution < 1.29 is 14.4 Å². The number of nitrogens with one attached hydrogen (secondary N) is 1. The zero-order valence-electron chi connectivity index (χ0n) is 15.5. The Morgan fingerprint density at radius 2 is 1.48 bits per heavy atom. The molecule has 2 aromatic carbocycles. The summed E-state index contributed by atoms with van der Waals surface area (Å²) < 4.78 is 0. The molecule has 0 saturated carbocycles. The van der Waals surface area contributed by atoms with E-state index in [0.717, 1.165) is 18.4 Å². The first-order chi connectivity index (χ1) is 13.1. The molecule has 1 N–H and O–H groups in total. The Bertz CT molecular complexity index is 797. The van der Waals surface area contributed by atoms with Gasteiger partial charge in [-0.25, -0.2) is 0 Å². The SMILES string of the molecule is C[C@@H](NC(=O)CCCCCN1C(=O)c2ccccc2C1=O)c1ccccc1. The monoisotopic (exact) mass is 364 g/mol. The second-order valence-corrected chi connectivity index (χ2v) is 6.82. The Kier molecular flexibility index (Phi) is 6.01. The molecule has 3 amide bonds. The van der Waals surface area contributed by atoms with E-state index in [4.69, 9.17) is 0 Å². The zero-order chi connectivity index (χ0) is 19.2. The minimum Gasteiger partial charge on any atom is -0.350 e. The number of hydrogen-bond donors (Lipinski definition) is 1. The highest BCUT2D eigenvalue weighted by molar-refractivity contribution is 6.21. The fourth-order valence-corrected chi connectivity index (χ4v) is 3.31. The van der Waals surface area contributed by atoms with E-state index in [0.29, 0.717) is 30.5 Å². The van der Waals surface area contributed by atoms with Gasteiger partial charge in [0.1, 0.15) is 0 Å². The fraction of sp³-hybridized carbons (Fsp3) is 0.318. The molecule has 1 aliphatic heterocycles. The van der Waals surface area contributed by atoms with Crippen LogP contribution >= 0.6 is 0 Å². The van der Waals surface area contributed by atoms with Gasteiger partial charge in [-0.05, 0) is 37.5 Å². The third-order valence-corrected chi connectivity index (χ3v) is 4.84. The number of fused-ring (bicyclic) bond motifs is 1. The predicted octanol–water partition coefficient (Wildman–Crippen LogP) is 3.72. The highest BCUT2D eigenvalue weighted by Gasteiger charge is 2.34. The molecule has 0 saturated heterocycles. The van der Waals surface area contributed by atoms with Crippen molar-refractivity contribution in [2.24, 2.45) is 0 Å². The zero-order valence-corrected chi connectivity index (χ0v) is 15.5. The summed E-state index contributed by atoms with van der Waals surface area (Å²) in [6, 6.07) is 16.7. The van der Waals surface area contributed by atoms with Crippen LogP contribution in [0.25, 0.3) is 0 Å². The van der Waals surface area contributed by atoms with Crippen molar-refractivity contribution in [3.05, 3.63) is 71.3 Å². The number of imide groups is 1. The number of carbonyl (C=O) groups is 3. The van der Waals surface area contributed by atoms with Crippen LogP contribution in [0.4, 0.5) is 0 Å². The second-order valence-electron chi connectivity index (χ2n) is 6.82. The summed E-state index contributed by atoms with van der Waals surface area (Å²) in [4.78, 5) is 37.9. The van der Waals surface area contributed by atoms with Gasteiger partial charge in [0.15, 0.2) is 0 Å². The van der Waals surface area contributed by atoms with Gasteiger partial charge in [0.2, 0.25) is 5.91 Å². The van der Waals surface area contributed by atoms with Crippen LogP contribution in [-0.4, -0.2) is 29.2 Å². The quantitative estimate of drug-likeness (QED) is 0.573. The Morgan fingerprint density at radius 1 is 0.889 bits per heavy atom. The smallest absolute Gasteiger partial charge is 0.261 e. The summed E-state index contributed by atoms with van der Waals surface area (Å²) in [5.74, 6) is -0.415. The Balaban J connectivity index is 1.37. The van der Waals surface area contributed by atoms with E-state index in [-0.39, 0.29) is 23.8 Å². The summed E-state index contributed by atoms with van der Waals surface area (Å²) in [5.41, 5.74) is 2.05. The first kappa shape index (κ1) is 18.8. The molecular formula is C22H24N2O3. The average Bonchev–Trinajstić information content (AvgIpc) is 2.93. The molecule has 2 aromatic rings. The van der Waals surface area contributed by atoms with Crippen LogP contribution in [0.1, 0.15) is 64.9 Å². The number of benzene rings is 2. The van der Waals surface area contributed by atoms with Crippen molar-refractivity contribution in [3.63, 3.8) is 0 Å². The standard InChI is InChI=1S/C22H24N2O3/c1-16(17-10-4-2-5-11-17)23-20(25)14-6-3-9-15-24-21(26)18-12-7-8-13-19(18)22(24)27/h2,4-5,7-8,10-13,16H,3,6,9,14-15H2,1H3,(H,23,25)/t16-/m1/s1. The van der Waals surface area contributed by atoms with Crippen molar-refractivity contribution in [2.75, 3.05) is 6.54 Å². The van der Waals surface area contributed by atoms with Gasteiger partial charge in [-0.2, -0.15) is 0 Å². The number of rotatable bonds is 8. The molecule has 0 radical (unpaired) electrons. The highest BCUT2D eigenvalue weighted by Crippen LogP contribution is 2.22. The molecule has 1 heterocycles. The molecule has 1 aliphatic rings. The molecular weight excluding hydrogens is 340 g/mol. The van der Waals surface area contributed by atoms with Crippen LogP contribution in [0.15, 0.2) is 54.6 Å². The summed E-state index contributed by atoms with van der Waals surface area (Å²) >= 11 is 0. The topological polar surface area (TPSA) is 66.5 Å². The Morgan fingerprint density at radius 3 is 2.11 bits per heavy atom.